The van der Waals surface area contributed by atoms with Gasteiger partial charge < -0.3 is 24.0 Å². The molecule has 34 heavy (non-hydrogen) atoms. The summed E-state index contributed by atoms with van der Waals surface area (Å²) in [6.07, 6.45) is 1.27. The molecular weight excluding hydrogens is 430 g/mol. The van der Waals surface area contributed by atoms with Crippen LogP contribution in [0.4, 0.5) is 5.88 Å². The van der Waals surface area contributed by atoms with E-state index >= 15 is 0 Å². The molecule has 0 unspecified atom stereocenters. The summed E-state index contributed by atoms with van der Waals surface area (Å²) in [6.45, 7) is 4.54. The fraction of sp³-hybridized carbons (Fsp3) is 0.444. The minimum Gasteiger partial charge on any atom is -0.389 e. The zero-order valence-electron chi connectivity index (χ0n) is 20.2. The first kappa shape index (κ1) is 24.4. The molecule has 0 saturated heterocycles. The highest BCUT2D eigenvalue weighted by atomic mass is 16.5. The Hall–Kier alpha value is -2.71. The first-order valence-corrected chi connectivity index (χ1v) is 11.9. The molecule has 0 aliphatic carbocycles. The number of rotatable bonds is 12. The summed E-state index contributed by atoms with van der Waals surface area (Å²) >= 11 is 0. The number of hydrogen-bond donors (Lipinski definition) is 1. The molecule has 0 fully saturated rings. The number of aromatic nitrogens is 1. The van der Waals surface area contributed by atoms with Crippen LogP contribution < -0.4 is 4.90 Å². The molecule has 2 aromatic carbocycles. The summed E-state index contributed by atoms with van der Waals surface area (Å²) in [5.41, 5.74) is 5.65. The first-order valence-electron chi connectivity index (χ1n) is 11.9. The van der Waals surface area contributed by atoms with Gasteiger partial charge in [0.05, 0.1) is 18.3 Å². The second-order valence-corrected chi connectivity index (χ2v) is 8.81. The van der Waals surface area contributed by atoms with Crippen LogP contribution in [0, 0.1) is 0 Å². The van der Waals surface area contributed by atoms with Crippen LogP contribution >= 0.6 is 0 Å². The predicted octanol–water partition coefficient (Wildman–Crippen LogP) is 3.75. The van der Waals surface area contributed by atoms with E-state index in [4.69, 9.17) is 14.0 Å². The Morgan fingerprint density at radius 2 is 1.82 bits per heavy atom. The average Bonchev–Trinajstić information content (AvgIpc) is 3.28. The van der Waals surface area contributed by atoms with E-state index in [0.29, 0.717) is 26.3 Å². The molecular formula is C27H35N3O4. The Bertz CT molecular complexity index is 1020. The first-order chi connectivity index (χ1) is 16.7. The van der Waals surface area contributed by atoms with E-state index in [0.717, 1.165) is 55.2 Å². The van der Waals surface area contributed by atoms with Gasteiger partial charge in [-0.3, -0.25) is 4.90 Å². The molecule has 0 spiro atoms. The molecule has 1 aromatic heterocycles. The normalized spacial score (nSPS) is 14.4. The van der Waals surface area contributed by atoms with Crippen LogP contribution in [0.3, 0.4) is 0 Å². The van der Waals surface area contributed by atoms with Gasteiger partial charge in [-0.2, -0.15) is 0 Å². The molecule has 1 N–H and O–H groups in total. The number of anilines is 1. The molecule has 0 amide bonds. The van der Waals surface area contributed by atoms with Crippen LogP contribution in [0.1, 0.15) is 23.1 Å². The smallest absolute Gasteiger partial charge is 0.232 e. The SMILES string of the molecule is COCCCN(Cc1c(-c2ccccc2)noc1N1CCc2ccccc2C1)C[C@H](O)COC. The number of nitrogens with zero attached hydrogens (tertiary/aromatic N) is 3. The van der Waals surface area contributed by atoms with Gasteiger partial charge in [0.15, 0.2) is 0 Å². The van der Waals surface area contributed by atoms with Gasteiger partial charge in [-0.05, 0) is 24.0 Å². The second kappa shape index (κ2) is 12.1. The summed E-state index contributed by atoms with van der Waals surface area (Å²) in [4.78, 5) is 4.53. The molecule has 1 aliphatic heterocycles. The van der Waals surface area contributed by atoms with Crippen LogP contribution in [0.15, 0.2) is 59.1 Å². The number of aliphatic hydroxyl groups is 1. The highest BCUT2D eigenvalue weighted by molar-refractivity contribution is 5.68. The molecule has 2 heterocycles. The van der Waals surface area contributed by atoms with E-state index in [1.54, 1.807) is 14.2 Å². The van der Waals surface area contributed by atoms with E-state index in [9.17, 15) is 5.11 Å². The van der Waals surface area contributed by atoms with Gasteiger partial charge in [0.1, 0.15) is 5.69 Å². The van der Waals surface area contributed by atoms with Gasteiger partial charge >= 0.3 is 0 Å². The number of aliphatic hydroxyl groups excluding tert-OH is 1. The van der Waals surface area contributed by atoms with Crippen LogP contribution in [0.2, 0.25) is 0 Å². The van der Waals surface area contributed by atoms with Crippen LogP contribution in [0.5, 0.6) is 0 Å². The topological polar surface area (TPSA) is 71.2 Å². The van der Waals surface area contributed by atoms with Crippen LogP contribution in [-0.2, 0) is 29.0 Å². The standard InChI is InChI=1S/C27H35N3O4/c1-32-16-8-14-29(18-24(31)20-33-2)19-25-26(22-10-4-3-5-11-22)28-34-27(25)30-15-13-21-9-6-7-12-23(21)17-30/h3-7,9-12,24,31H,8,13-20H2,1-2H3/t24-/m0/s1. The highest BCUT2D eigenvalue weighted by Crippen LogP contribution is 2.35. The Kier molecular flexibility index (Phi) is 8.71. The third kappa shape index (κ3) is 6.04. The maximum Gasteiger partial charge on any atom is 0.232 e. The van der Waals surface area contributed by atoms with Gasteiger partial charge in [0.2, 0.25) is 5.88 Å². The van der Waals surface area contributed by atoms with Crippen molar-refractivity contribution in [2.24, 2.45) is 0 Å². The highest BCUT2D eigenvalue weighted by Gasteiger charge is 2.27. The Labute approximate surface area is 201 Å². The van der Waals surface area contributed by atoms with Crippen molar-refractivity contribution >= 4 is 5.88 Å². The summed E-state index contributed by atoms with van der Waals surface area (Å²) in [7, 11) is 3.32. The maximum absolute atomic E-state index is 10.5. The summed E-state index contributed by atoms with van der Waals surface area (Å²) in [5.74, 6) is 0.811. The van der Waals surface area contributed by atoms with Gasteiger partial charge in [-0.1, -0.05) is 59.8 Å². The van der Waals surface area contributed by atoms with E-state index in [1.165, 1.54) is 11.1 Å². The minimum atomic E-state index is -0.571. The molecule has 1 atom stereocenters. The molecule has 1 aliphatic rings. The lowest BCUT2D eigenvalue weighted by atomic mass is 9.99. The number of hydrogen-bond acceptors (Lipinski definition) is 7. The molecule has 182 valence electrons. The Morgan fingerprint density at radius 3 is 2.59 bits per heavy atom. The molecule has 3 aromatic rings. The van der Waals surface area contributed by atoms with Crippen molar-refractivity contribution in [2.75, 3.05) is 52.0 Å². The van der Waals surface area contributed by atoms with Crippen LogP contribution in [-0.4, -0.2) is 68.3 Å². The van der Waals surface area contributed by atoms with Gasteiger partial charge in [-0.15, -0.1) is 0 Å². The van der Waals surface area contributed by atoms with E-state index in [2.05, 4.69) is 51.4 Å². The lowest BCUT2D eigenvalue weighted by Gasteiger charge is -2.30. The lowest BCUT2D eigenvalue weighted by molar-refractivity contribution is 0.0337. The van der Waals surface area contributed by atoms with Gasteiger partial charge in [0, 0.05) is 59.1 Å². The number of fused-ring (bicyclic) bond motifs is 1. The van der Waals surface area contributed by atoms with Crippen molar-refractivity contribution in [1.29, 1.82) is 0 Å². The molecule has 7 heteroatoms. The Morgan fingerprint density at radius 1 is 1.06 bits per heavy atom. The third-order valence-electron chi connectivity index (χ3n) is 6.27. The van der Waals surface area contributed by atoms with E-state index in [-0.39, 0.29) is 0 Å². The maximum atomic E-state index is 10.5. The molecule has 7 nitrogen and oxygen atoms in total. The number of benzene rings is 2. The summed E-state index contributed by atoms with van der Waals surface area (Å²) < 4.78 is 16.5. The average molecular weight is 466 g/mol. The van der Waals surface area contributed by atoms with Crippen LogP contribution in [0.25, 0.3) is 11.3 Å². The van der Waals surface area contributed by atoms with E-state index < -0.39 is 6.10 Å². The van der Waals surface area contributed by atoms with E-state index in [1.807, 2.05) is 18.2 Å². The van der Waals surface area contributed by atoms with Crippen molar-refractivity contribution in [3.05, 3.63) is 71.3 Å². The van der Waals surface area contributed by atoms with Crippen molar-refractivity contribution in [2.45, 2.75) is 32.0 Å². The molecule has 0 bridgehead atoms. The quantitative estimate of drug-likeness (QED) is 0.409. The summed E-state index contributed by atoms with van der Waals surface area (Å²) in [5, 5.41) is 15.0. The van der Waals surface area contributed by atoms with Gasteiger partial charge in [-0.25, -0.2) is 0 Å². The molecule has 0 radical (unpaired) electrons. The zero-order chi connectivity index (χ0) is 23.8. The minimum absolute atomic E-state index is 0.297. The summed E-state index contributed by atoms with van der Waals surface area (Å²) in [6, 6.07) is 18.7. The fourth-order valence-corrected chi connectivity index (χ4v) is 4.62. The monoisotopic (exact) mass is 465 g/mol. The number of methoxy groups -OCH3 is 2. The zero-order valence-corrected chi connectivity index (χ0v) is 20.2. The lowest BCUT2D eigenvalue weighted by Crippen LogP contribution is -2.36. The fourth-order valence-electron chi connectivity index (χ4n) is 4.62. The Balaban J connectivity index is 1.64. The largest absolute Gasteiger partial charge is 0.389 e. The van der Waals surface area contributed by atoms with Crippen molar-refractivity contribution in [3.8, 4) is 11.3 Å². The molecule has 0 saturated carbocycles. The third-order valence-corrected chi connectivity index (χ3v) is 6.27. The van der Waals surface area contributed by atoms with Crippen molar-refractivity contribution in [3.63, 3.8) is 0 Å². The predicted molar refractivity (Wildman–Crippen MR) is 133 cm³/mol. The van der Waals surface area contributed by atoms with Crippen molar-refractivity contribution in [1.82, 2.24) is 10.1 Å². The van der Waals surface area contributed by atoms with Crippen molar-refractivity contribution < 1.29 is 19.1 Å². The van der Waals surface area contributed by atoms with Gasteiger partial charge in [0.25, 0.3) is 0 Å². The second-order valence-electron chi connectivity index (χ2n) is 8.81. The number of ether oxygens (including phenoxy) is 2. The molecule has 4 rings (SSSR count).